The third-order valence-electron chi connectivity index (χ3n) is 2.88. The Morgan fingerprint density at radius 2 is 2.10 bits per heavy atom. The van der Waals surface area contributed by atoms with Gasteiger partial charge in [0.2, 0.25) is 5.89 Å². The number of non-ortho nitro benzene ring substituents is 1. The van der Waals surface area contributed by atoms with E-state index in [0.717, 1.165) is 17.7 Å². The lowest BCUT2D eigenvalue weighted by Crippen LogP contribution is -2.32. The summed E-state index contributed by atoms with van der Waals surface area (Å²) in [6.45, 7) is 1.99. The summed E-state index contributed by atoms with van der Waals surface area (Å²) in [4.78, 5) is 14.5. The summed E-state index contributed by atoms with van der Waals surface area (Å²) in [6, 6.07) is 6.33. The van der Waals surface area contributed by atoms with E-state index in [1.807, 2.05) is 6.92 Å². The molecule has 20 heavy (non-hydrogen) atoms. The van der Waals surface area contributed by atoms with Gasteiger partial charge in [-0.2, -0.15) is 0 Å². The van der Waals surface area contributed by atoms with Crippen molar-refractivity contribution < 1.29 is 9.34 Å². The molecule has 0 aliphatic carbocycles. The Morgan fingerprint density at radius 1 is 1.45 bits per heavy atom. The first-order valence-electron chi connectivity index (χ1n) is 6.08. The first kappa shape index (κ1) is 14.9. The fraction of sp³-hybridized carbons (Fsp3) is 0.308. The number of aromatic nitrogens is 1. The van der Waals surface area contributed by atoms with Gasteiger partial charge in [0.05, 0.1) is 10.6 Å². The average molecular weight is 387 g/mol. The van der Waals surface area contributed by atoms with Crippen LogP contribution in [-0.2, 0) is 16.4 Å². The molecule has 0 unspecified atom stereocenters. The Hall–Kier alpha value is -1.48. The molecule has 0 amide bonds. The molecule has 0 fully saturated rings. The zero-order valence-corrected chi connectivity index (χ0v) is 13.0. The van der Waals surface area contributed by atoms with Gasteiger partial charge >= 0.3 is 0 Å². The highest BCUT2D eigenvalue weighted by Crippen LogP contribution is 2.30. The quantitative estimate of drug-likeness (QED) is 0.280. The number of alkyl halides is 1. The van der Waals surface area contributed by atoms with Gasteiger partial charge in [0.25, 0.3) is 5.69 Å². The largest absolute Gasteiger partial charge is 0.446 e. The Labute approximate surface area is 129 Å². The number of nitrogens with two attached hydrogens (primary N) is 1. The number of nitrogens with zero attached hydrogens (tertiary/aromatic N) is 2. The molecular formula is C13H14IN3O3. The number of oxazole rings is 1. The number of benzene rings is 1. The second-order valence-corrected chi connectivity index (χ2v) is 6.39. The maximum absolute atomic E-state index is 10.6. The summed E-state index contributed by atoms with van der Waals surface area (Å²) < 4.78 is 4.63. The van der Waals surface area contributed by atoms with Gasteiger partial charge in [0, 0.05) is 18.6 Å². The zero-order valence-electron chi connectivity index (χ0n) is 10.9. The Bertz CT molecular complexity index is 608. The third kappa shape index (κ3) is 3.34. The van der Waals surface area contributed by atoms with Crippen molar-refractivity contribution in [3.63, 3.8) is 0 Å². The van der Waals surface area contributed by atoms with Crippen molar-refractivity contribution in [2.75, 3.05) is 0 Å². The lowest BCUT2D eigenvalue weighted by atomic mass is 10.1. The number of hydrogen-bond acceptors (Lipinski definition) is 5. The van der Waals surface area contributed by atoms with Crippen LogP contribution in [0.1, 0.15) is 24.1 Å². The highest BCUT2D eigenvalue weighted by Gasteiger charge is 2.29. The van der Waals surface area contributed by atoms with Crippen LogP contribution in [-0.4, -0.2) is 9.91 Å². The molecule has 1 heterocycles. The Balaban J connectivity index is 2.16. The number of nitro benzene ring substituents is 1. The molecule has 0 saturated heterocycles. The molecule has 2 N–H and O–H groups in total. The zero-order chi connectivity index (χ0) is 14.8. The van der Waals surface area contributed by atoms with Gasteiger partial charge in [0.1, 0.15) is 9.81 Å². The standard InChI is InChI=1S/C13H14IN3O3/c1-2-10-8-20-12(16-10)13(14,15)7-9-3-5-11(6-4-9)17(18)19/h3-6,8H,2,7,15H2,1H3/t13-/m1/s1. The molecule has 0 aliphatic heterocycles. The summed E-state index contributed by atoms with van der Waals surface area (Å²) in [6.07, 6.45) is 2.87. The smallest absolute Gasteiger partial charge is 0.269 e. The third-order valence-corrected chi connectivity index (χ3v) is 3.72. The molecule has 2 aromatic rings. The minimum atomic E-state index is -0.776. The first-order valence-corrected chi connectivity index (χ1v) is 7.16. The number of halogens is 1. The van der Waals surface area contributed by atoms with Crippen LogP contribution >= 0.6 is 22.6 Å². The van der Waals surface area contributed by atoms with Crippen molar-refractivity contribution in [3.05, 3.63) is 57.8 Å². The van der Waals surface area contributed by atoms with Crippen LogP contribution in [0, 0.1) is 10.1 Å². The monoisotopic (exact) mass is 387 g/mol. The molecule has 6 nitrogen and oxygen atoms in total. The Morgan fingerprint density at radius 3 is 2.60 bits per heavy atom. The minimum absolute atomic E-state index is 0.0641. The summed E-state index contributed by atoms with van der Waals surface area (Å²) >= 11 is 2.08. The van der Waals surface area contributed by atoms with E-state index in [1.165, 1.54) is 12.1 Å². The van der Waals surface area contributed by atoms with Gasteiger partial charge < -0.3 is 10.2 Å². The highest BCUT2D eigenvalue weighted by atomic mass is 127. The predicted molar refractivity (Wildman–Crippen MR) is 82.6 cm³/mol. The van der Waals surface area contributed by atoms with Crippen molar-refractivity contribution in [2.24, 2.45) is 5.73 Å². The van der Waals surface area contributed by atoms with Crippen molar-refractivity contribution in [1.29, 1.82) is 0 Å². The van der Waals surface area contributed by atoms with E-state index in [1.54, 1.807) is 18.4 Å². The van der Waals surface area contributed by atoms with E-state index in [4.69, 9.17) is 10.2 Å². The van der Waals surface area contributed by atoms with E-state index in [2.05, 4.69) is 27.6 Å². The first-order chi connectivity index (χ1) is 9.42. The van der Waals surface area contributed by atoms with Crippen LogP contribution < -0.4 is 5.73 Å². The number of aryl methyl sites for hydroxylation is 1. The lowest BCUT2D eigenvalue weighted by molar-refractivity contribution is -0.384. The average Bonchev–Trinajstić information content (AvgIpc) is 2.88. The molecule has 0 bridgehead atoms. The molecule has 1 aromatic carbocycles. The molecule has 2 rings (SSSR count). The number of hydrogen-bond donors (Lipinski definition) is 1. The van der Waals surface area contributed by atoms with Crippen molar-refractivity contribution >= 4 is 28.3 Å². The topological polar surface area (TPSA) is 95.2 Å². The van der Waals surface area contributed by atoms with Gasteiger partial charge in [-0.1, -0.05) is 41.6 Å². The van der Waals surface area contributed by atoms with E-state index >= 15 is 0 Å². The molecule has 1 atom stereocenters. The summed E-state index contributed by atoms with van der Waals surface area (Å²) in [5.41, 5.74) is 8.05. The van der Waals surface area contributed by atoms with E-state index in [-0.39, 0.29) is 5.69 Å². The van der Waals surface area contributed by atoms with Gasteiger partial charge in [-0.25, -0.2) is 4.98 Å². The molecule has 7 heteroatoms. The fourth-order valence-electron chi connectivity index (χ4n) is 1.77. The van der Waals surface area contributed by atoms with E-state index in [0.29, 0.717) is 12.3 Å². The molecule has 0 radical (unpaired) electrons. The molecular weight excluding hydrogens is 373 g/mol. The second-order valence-electron chi connectivity index (χ2n) is 4.46. The molecule has 106 valence electrons. The minimum Gasteiger partial charge on any atom is -0.446 e. The molecule has 0 saturated carbocycles. The van der Waals surface area contributed by atoms with Gasteiger partial charge in [-0.15, -0.1) is 0 Å². The SMILES string of the molecule is CCc1coc([C@@](N)(I)Cc2ccc([N+](=O)[O-])cc2)n1. The number of rotatable bonds is 5. The van der Waals surface area contributed by atoms with Crippen molar-refractivity contribution in [1.82, 2.24) is 4.98 Å². The van der Waals surface area contributed by atoms with Gasteiger partial charge in [-0.3, -0.25) is 10.1 Å². The highest BCUT2D eigenvalue weighted by molar-refractivity contribution is 14.1. The van der Waals surface area contributed by atoms with Crippen molar-refractivity contribution in [3.8, 4) is 0 Å². The molecule has 1 aromatic heterocycles. The second kappa shape index (κ2) is 5.88. The van der Waals surface area contributed by atoms with Crippen LogP contribution in [0.25, 0.3) is 0 Å². The van der Waals surface area contributed by atoms with Crippen molar-refractivity contribution in [2.45, 2.75) is 23.3 Å². The Kier molecular flexibility index (Phi) is 4.39. The lowest BCUT2D eigenvalue weighted by Gasteiger charge is -2.18. The van der Waals surface area contributed by atoms with E-state index in [9.17, 15) is 10.1 Å². The maximum Gasteiger partial charge on any atom is 0.269 e. The normalized spacial score (nSPS) is 13.9. The van der Waals surface area contributed by atoms with Crippen LogP contribution in [0.2, 0.25) is 0 Å². The van der Waals surface area contributed by atoms with Gasteiger partial charge in [0.15, 0.2) is 0 Å². The van der Waals surface area contributed by atoms with Crippen LogP contribution in [0.15, 0.2) is 34.9 Å². The molecule has 0 spiro atoms. The van der Waals surface area contributed by atoms with E-state index < -0.39 is 8.47 Å². The maximum atomic E-state index is 10.6. The summed E-state index contributed by atoms with van der Waals surface area (Å²) in [7, 11) is 0. The fourth-order valence-corrected chi connectivity index (χ4v) is 2.46. The van der Waals surface area contributed by atoms with Gasteiger partial charge in [-0.05, 0) is 12.0 Å². The van der Waals surface area contributed by atoms with Crippen LogP contribution in [0.3, 0.4) is 0 Å². The van der Waals surface area contributed by atoms with Crippen LogP contribution in [0.4, 0.5) is 5.69 Å². The summed E-state index contributed by atoms with van der Waals surface area (Å²) in [5, 5.41) is 10.6. The predicted octanol–water partition coefficient (Wildman–Crippen LogP) is 2.93. The number of nitro groups is 1. The molecule has 0 aliphatic rings. The summed E-state index contributed by atoms with van der Waals surface area (Å²) in [5.74, 6) is 0.466. The van der Waals surface area contributed by atoms with Crippen LogP contribution in [0.5, 0.6) is 0 Å².